The van der Waals surface area contributed by atoms with Crippen molar-refractivity contribution in [2.24, 2.45) is 5.41 Å². The topological polar surface area (TPSA) is 41.6 Å². The van der Waals surface area contributed by atoms with Crippen LogP contribution in [-0.4, -0.2) is 44.2 Å². The molecule has 1 amide bonds. The van der Waals surface area contributed by atoms with Crippen molar-refractivity contribution in [1.29, 1.82) is 0 Å². The minimum atomic E-state index is -0.243. The van der Waals surface area contributed by atoms with Crippen LogP contribution >= 0.6 is 0 Å². The Hall–Kier alpha value is -1.39. The standard InChI is InChI=1S/C17H24N2O2/c1-21-13-17(8-5-9-17)16(20)19-11-10-18-15(12-19)14-6-3-2-4-7-14/h2-4,6-7,15,18H,5,8-13H2,1H3. The zero-order chi connectivity index (χ0) is 14.7. The summed E-state index contributed by atoms with van der Waals surface area (Å²) in [7, 11) is 1.69. The molecule has 1 aliphatic heterocycles. The van der Waals surface area contributed by atoms with Crippen molar-refractivity contribution >= 4 is 5.91 Å². The number of rotatable bonds is 4. The van der Waals surface area contributed by atoms with Gasteiger partial charge in [0.15, 0.2) is 0 Å². The Balaban J connectivity index is 1.70. The number of amides is 1. The number of ether oxygens (including phenoxy) is 1. The second kappa shape index (κ2) is 6.16. The van der Waals surface area contributed by atoms with Crippen LogP contribution in [0.25, 0.3) is 0 Å². The molecule has 21 heavy (non-hydrogen) atoms. The van der Waals surface area contributed by atoms with Crippen molar-refractivity contribution in [3.05, 3.63) is 35.9 Å². The average Bonchev–Trinajstić information content (AvgIpc) is 2.51. The van der Waals surface area contributed by atoms with Gasteiger partial charge in [-0.3, -0.25) is 4.79 Å². The van der Waals surface area contributed by atoms with E-state index >= 15 is 0 Å². The van der Waals surface area contributed by atoms with E-state index in [0.29, 0.717) is 6.61 Å². The van der Waals surface area contributed by atoms with E-state index in [-0.39, 0.29) is 17.4 Å². The maximum Gasteiger partial charge on any atom is 0.231 e. The van der Waals surface area contributed by atoms with Crippen molar-refractivity contribution < 1.29 is 9.53 Å². The predicted molar refractivity (Wildman–Crippen MR) is 81.9 cm³/mol. The molecule has 1 atom stereocenters. The number of nitrogens with zero attached hydrogens (tertiary/aromatic N) is 1. The third-order valence-electron chi connectivity index (χ3n) is 4.85. The molecule has 1 aromatic carbocycles. The van der Waals surface area contributed by atoms with Crippen molar-refractivity contribution in [3.63, 3.8) is 0 Å². The molecule has 2 fully saturated rings. The minimum Gasteiger partial charge on any atom is -0.384 e. The van der Waals surface area contributed by atoms with E-state index in [1.807, 2.05) is 11.0 Å². The Morgan fingerprint density at radius 1 is 1.38 bits per heavy atom. The number of carbonyl (C=O) groups is 1. The monoisotopic (exact) mass is 288 g/mol. The third kappa shape index (κ3) is 2.83. The molecule has 0 radical (unpaired) electrons. The molecule has 1 saturated carbocycles. The van der Waals surface area contributed by atoms with Gasteiger partial charge in [0.05, 0.1) is 12.0 Å². The molecule has 1 aromatic rings. The first kappa shape index (κ1) is 14.5. The molecule has 2 aliphatic rings. The fraction of sp³-hybridized carbons (Fsp3) is 0.588. The number of carbonyl (C=O) groups excluding carboxylic acids is 1. The highest BCUT2D eigenvalue weighted by molar-refractivity contribution is 5.84. The van der Waals surface area contributed by atoms with Crippen LogP contribution in [0.5, 0.6) is 0 Å². The van der Waals surface area contributed by atoms with Gasteiger partial charge in [0.25, 0.3) is 0 Å². The Morgan fingerprint density at radius 3 is 2.76 bits per heavy atom. The van der Waals surface area contributed by atoms with Gasteiger partial charge < -0.3 is 15.0 Å². The minimum absolute atomic E-state index is 0.239. The lowest BCUT2D eigenvalue weighted by atomic mass is 9.68. The number of hydrogen-bond acceptors (Lipinski definition) is 3. The van der Waals surface area contributed by atoms with E-state index in [1.165, 1.54) is 5.56 Å². The van der Waals surface area contributed by atoms with Crippen LogP contribution < -0.4 is 5.32 Å². The fourth-order valence-electron chi connectivity index (χ4n) is 3.48. The molecule has 1 N–H and O–H groups in total. The molecule has 4 nitrogen and oxygen atoms in total. The SMILES string of the molecule is COCC1(C(=O)N2CCNC(c3ccccc3)C2)CCC1. The quantitative estimate of drug-likeness (QED) is 0.921. The maximum atomic E-state index is 12.9. The molecular formula is C17H24N2O2. The zero-order valence-electron chi connectivity index (χ0n) is 12.7. The van der Waals surface area contributed by atoms with E-state index in [1.54, 1.807) is 7.11 Å². The highest BCUT2D eigenvalue weighted by Crippen LogP contribution is 2.43. The summed E-state index contributed by atoms with van der Waals surface area (Å²) in [5, 5.41) is 3.51. The van der Waals surface area contributed by atoms with E-state index < -0.39 is 0 Å². The van der Waals surface area contributed by atoms with Crippen LogP contribution in [-0.2, 0) is 9.53 Å². The Kier molecular flexibility index (Phi) is 4.27. The smallest absolute Gasteiger partial charge is 0.231 e. The largest absolute Gasteiger partial charge is 0.384 e. The second-order valence-corrected chi connectivity index (χ2v) is 6.24. The van der Waals surface area contributed by atoms with Gasteiger partial charge in [-0.2, -0.15) is 0 Å². The summed E-state index contributed by atoms with van der Waals surface area (Å²) in [5.41, 5.74) is 1.01. The third-order valence-corrected chi connectivity index (χ3v) is 4.85. The maximum absolute atomic E-state index is 12.9. The zero-order valence-corrected chi connectivity index (χ0v) is 12.7. The lowest BCUT2D eigenvalue weighted by Gasteiger charge is -2.45. The molecule has 1 saturated heterocycles. The predicted octanol–water partition coefficient (Wildman–Crippen LogP) is 1.98. The summed E-state index contributed by atoms with van der Waals surface area (Å²) in [4.78, 5) is 14.9. The van der Waals surface area contributed by atoms with Crippen LogP contribution in [0.15, 0.2) is 30.3 Å². The van der Waals surface area contributed by atoms with E-state index in [9.17, 15) is 4.79 Å². The van der Waals surface area contributed by atoms with Gasteiger partial charge in [-0.1, -0.05) is 36.8 Å². The molecule has 1 unspecified atom stereocenters. The molecule has 1 heterocycles. The molecule has 114 valence electrons. The first-order valence-electron chi connectivity index (χ1n) is 7.82. The Labute approximate surface area is 126 Å². The lowest BCUT2D eigenvalue weighted by molar-refractivity contribution is -0.153. The van der Waals surface area contributed by atoms with Crippen molar-refractivity contribution in [2.75, 3.05) is 33.4 Å². The summed E-state index contributed by atoms with van der Waals surface area (Å²) in [5.74, 6) is 0.290. The first-order valence-corrected chi connectivity index (χ1v) is 7.82. The van der Waals surface area contributed by atoms with Gasteiger partial charge >= 0.3 is 0 Å². The number of piperazine rings is 1. The van der Waals surface area contributed by atoms with Crippen molar-refractivity contribution in [1.82, 2.24) is 10.2 Å². The Morgan fingerprint density at radius 2 is 2.14 bits per heavy atom. The number of benzene rings is 1. The lowest BCUT2D eigenvalue weighted by Crippen LogP contribution is -2.56. The van der Waals surface area contributed by atoms with Crippen LogP contribution in [0.4, 0.5) is 0 Å². The molecule has 4 heteroatoms. The van der Waals surface area contributed by atoms with Gasteiger partial charge in [-0.25, -0.2) is 0 Å². The highest BCUT2D eigenvalue weighted by atomic mass is 16.5. The average molecular weight is 288 g/mol. The van der Waals surface area contributed by atoms with Crippen LogP contribution in [0.2, 0.25) is 0 Å². The summed E-state index contributed by atoms with van der Waals surface area (Å²) in [6.07, 6.45) is 3.09. The van der Waals surface area contributed by atoms with Crippen LogP contribution in [0.1, 0.15) is 30.9 Å². The molecule has 1 aliphatic carbocycles. The van der Waals surface area contributed by atoms with Gasteiger partial charge in [0.2, 0.25) is 5.91 Å². The number of nitrogens with one attached hydrogen (secondary N) is 1. The number of hydrogen-bond donors (Lipinski definition) is 1. The molecule has 0 spiro atoms. The summed E-state index contributed by atoms with van der Waals surface area (Å²) < 4.78 is 5.31. The summed E-state index contributed by atoms with van der Waals surface area (Å²) in [6, 6.07) is 10.6. The van der Waals surface area contributed by atoms with Crippen LogP contribution in [0.3, 0.4) is 0 Å². The van der Waals surface area contributed by atoms with E-state index in [0.717, 1.165) is 38.9 Å². The van der Waals surface area contributed by atoms with E-state index in [2.05, 4.69) is 29.6 Å². The molecule has 3 rings (SSSR count). The van der Waals surface area contributed by atoms with E-state index in [4.69, 9.17) is 4.74 Å². The molecular weight excluding hydrogens is 264 g/mol. The van der Waals surface area contributed by atoms with Crippen LogP contribution in [0, 0.1) is 5.41 Å². The number of methoxy groups -OCH3 is 1. The molecule has 0 bridgehead atoms. The van der Waals surface area contributed by atoms with Gasteiger partial charge in [-0.05, 0) is 18.4 Å². The van der Waals surface area contributed by atoms with Gasteiger partial charge in [-0.15, -0.1) is 0 Å². The summed E-state index contributed by atoms with van der Waals surface area (Å²) in [6.45, 7) is 2.97. The van der Waals surface area contributed by atoms with Crippen molar-refractivity contribution in [3.8, 4) is 0 Å². The normalized spacial score (nSPS) is 24.4. The molecule has 0 aromatic heterocycles. The van der Waals surface area contributed by atoms with Crippen molar-refractivity contribution in [2.45, 2.75) is 25.3 Å². The highest BCUT2D eigenvalue weighted by Gasteiger charge is 2.47. The summed E-state index contributed by atoms with van der Waals surface area (Å²) >= 11 is 0. The second-order valence-electron chi connectivity index (χ2n) is 6.24. The van der Waals surface area contributed by atoms with Gasteiger partial charge in [0.1, 0.15) is 0 Å². The van der Waals surface area contributed by atoms with Gasteiger partial charge in [0, 0.05) is 32.8 Å². The fourth-order valence-corrected chi connectivity index (χ4v) is 3.48. The first-order chi connectivity index (χ1) is 10.2. The Bertz CT molecular complexity index is 485.